The third-order valence-electron chi connectivity index (χ3n) is 3.52. The highest BCUT2D eigenvalue weighted by atomic mass is 32.2. The van der Waals surface area contributed by atoms with E-state index in [9.17, 15) is 8.42 Å². The molecule has 5 nitrogen and oxygen atoms in total. The fraction of sp³-hybridized carbons (Fsp3) is 0.294. The number of benzene rings is 2. The van der Waals surface area contributed by atoms with Crippen LogP contribution in [0.5, 0.6) is 11.5 Å². The number of methoxy groups -OCH3 is 2. The molecule has 0 bridgehead atoms. The zero-order valence-electron chi connectivity index (χ0n) is 13.7. The first-order valence-corrected chi connectivity index (χ1v) is 8.79. The fourth-order valence-electron chi connectivity index (χ4n) is 2.35. The highest BCUT2D eigenvalue weighted by Gasteiger charge is 2.17. The Hall–Kier alpha value is -2.21. The van der Waals surface area contributed by atoms with Crippen molar-refractivity contribution in [3.63, 3.8) is 0 Å². The molecule has 0 saturated carbocycles. The Balaban J connectivity index is 2.26. The minimum absolute atomic E-state index is 0.0957. The number of aryl methyl sites for hydroxylation is 1. The fourth-order valence-corrected chi connectivity index (χ4v) is 3.54. The van der Waals surface area contributed by atoms with Crippen molar-refractivity contribution in [1.82, 2.24) is 0 Å². The molecule has 0 atom stereocenters. The molecule has 0 aliphatic rings. The van der Waals surface area contributed by atoms with Gasteiger partial charge in [0.05, 0.1) is 25.7 Å². The molecule has 2 aromatic carbocycles. The first-order valence-electron chi connectivity index (χ1n) is 7.14. The third kappa shape index (κ3) is 4.16. The number of hydrogen-bond donors (Lipinski definition) is 1. The number of anilines is 1. The average Bonchev–Trinajstić information content (AvgIpc) is 2.49. The molecule has 0 aromatic heterocycles. The normalized spacial score (nSPS) is 11.1. The first-order chi connectivity index (χ1) is 10.9. The van der Waals surface area contributed by atoms with E-state index in [2.05, 4.69) is 4.72 Å². The maximum Gasteiger partial charge on any atom is 0.237 e. The van der Waals surface area contributed by atoms with Gasteiger partial charge in [-0.15, -0.1) is 0 Å². The van der Waals surface area contributed by atoms with Gasteiger partial charge in [-0.25, -0.2) is 8.42 Å². The Morgan fingerprint density at radius 3 is 2.17 bits per heavy atom. The summed E-state index contributed by atoms with van der Waals surface area (Å²) in [6.45, 7) is 3.77. The van der Waals surface area contributed by atoms with Gasteiger partial charge in [0.2, 0.25) is 10.0 Å². The standard InChI is InChI=1S/C17H21NO4S/c1-12-5-7-14(8-6-12)11-23(19,20)18-15-9-10-16(21-3)13(2)17(15)22-4/h5-10,18H,11H2,1-4H3. The molecule has 23 heavy (non-hydrogen) atoms. The summed E-state index contributed by atoms with van der Waals surface area (Å²) in [5, 5.41) is 0. The molecule has 0 fully saturated rings. The number of sulfonamides is 1. The van der Waals surface area contributed by atoms with Crippen LogP contribution in [0.25, 0.3) is 0 Å². The number of nitrogens with one attached hydrogen (secondary N) is 1. The predicted octanol–water partition coefficient (Wildman–Crippen LogP) is 3.26. The molecule has 0 saturated heterocycles. The van der Waals surface area contributed by atoms with Crippen molar-refractivity contribution in [3.05, 3.63) is 53.1 Å². The monoisotopic (exact) mass is 335 g/mol. The molecule has 0 spiro atoms. The molecular weight excluding hydrogens is 314 g/mol. The second kappa shape index (κ2) is 6.91. The van der Waals surface area contributed by atoms with E-state index in [0.717, 1.165) is 16.7 Å². The highest BCUT2D eigenvalue weighted by molar-refractivity contribution is 7.91. The summed E-state index contributed by atoms with van der Waals surface area (Å²) in [5.74, 6) is 1.00. The smallest absolute Gasteiger partial charge is 0.237 e. The van der Waals surface area contributed by atoms with Gasteiger partial charge in [0.1, 0.15) is 11.5 Å². The third-order valence-corrected chi connectivity index (χ3v) is 4.77. The average molecular weight is 335 g/mol. The lowest BCUT2D eigenvalue weighted by molar-refractivity contribution is 0.390. The summed E-state index contributed by atoms with van der Waals surface area (Å²) in [5.41, 5.74) is 2.96. The first kappa shape index (κ1) is 17.1. The minimum Gasteiger partial charge on any atom is -0.496 e. The topological polar surface area (TPSA) is 64.6 Å². The largest absolute Gasteiger partial charge is 0.496 e. The van der Waals surface area contributed by atoms with Gasteiger partial charge in [0.25, 0.3) is 0 Å². The Morgan fingerprint density at radius 1 is 0.957 bits per heavy atom. The van der Waals surface area contributed by atoms with Crippen LogP contribution in [0, 0.1) is 13.8 Å². The molecule has 2 rings (SSSR count). The number of hydrogen-bond acceptors (Lipinski definition) is 4. The van der Waals surface area contributed by atoms with Crippen molar-refractivity contribution in [2.24, 2.45) is 0 Å². The van der Waals surface area contributed by atoms with Gasteiger partial charge in [-0.3, -0.25) is 4.72 Å². The van der Waals surface area contributed by atoms with Crippen LogP contribution in [0.15, 0.2) is 36.4 Å². The van der Waals surface area contributed by atoms with Crippen molar-refractivity contribution in [2.45, 2.75) is 19.6 Å². The van der Waals surface area contributed by atoms with Gasteiger partial charge in [-0.05, 0) is 31.5 Å². The van der Waals surface area contributed by atoms with E-state index in [4.69, 9.17) is 9.47 Å². The summed E-state index contributed by atoms with van der Waals surface area (Å²) in [7, 11) is -0.482. The van der Waals surface area contributed by atoms with E-state index in [1.54, 1.807) is 19.2 Å². The Bertz CT molecular complexity index is 783. The lowest BCUT2D eigenvalue weighted by Gasteiger charge is -2.16. The van der Waals surface area contributed by atoms with Gasteiger partial charge < -0.3 is 9.47 Å². The van der Waals surface area contributed by atoms with Crippen LogP contribution in [-0.4, -0.2) is 22.6 Å². The SMILES string of the molecule is COc1ccc(NS(=O)(=O)Cc2ccc(C)cc2)c(OC)c1C. The zero-order chi connectivity index (χ0) is 17.0. The Morgan fingerprint density at radius 2 is 1.61 bits per heavy atom. The lowest BCUT2D eigenvalue weighted by Crippen LogP contribution is -2.16. The van der Waals surface area contributed by atoms with Crippen LogP contribution in [-0.2, 0) is 15.8 Å². The summed E-state index contributed by atoms with van der Waals surface area (Å²) in [6.07, 6.45) is 0. The molecule has 0 radical (unpaired) electrons. The van der Waals surface area contributed by atoms with Gasteiger partial charge in [0, 0.05) is 5.56 Å². The van der Waals surface area contributed by atoms with Crippen molar-refractivity contribution in [3.8, 4) is 11.5 Å². The van der Waals surface area contributed by atoms with Crippen LogP contribution in [0.4, 0.5) is 5.69 Å². The summed E-state index contributed by atoms with van der Waals surface area (Å²) >= 11 is 0. The van der Waals surface area contributed by atoms with Gasteiger partial charge >= 0.3 is 0 Å². The maximum atomic E-state index is 12.4. The molecule has 0 unspecified atom stereocenters. The van der Waals surface area contributed by atoms with E-state index >= 15 is 0 Å². The van der Waals surface area contributed by atoms with Gasteiger partial charge in [-0.2, -0.15) is 0 Å². The second-order valence-corrected chi connectivity index (χ2v) is 7.04. The molecule has 124 valence electrons. The van der Waals surface area contributed by atoms with Crippen LogP contribution in [0.2, 0.25) is 0 Å². The van der Waals surface area contributed by atoms with Crippen molar-refractivity contribution in [2.75, 3.05) is 18.9 Å². The van der Waals surface area contributed by atoms with Gasteiger partial charge in [-0.1, -0.05) is 29.8 Å². The predicted molar refractivity (Wildman–Crippen MR) is 91.7 cm³/mol. The molecule has 0 heterocycles. The van der Waals surface area contributed by atoms with E-state index in [-0.39, 0.29) is 5.75 Å². The summed E-state index contributed by atoms with van der Waals surface area (Å²) in [4.78, 5) is 0. The summed E-state index contributed by atoms with van der Waals surface area (Å²) < 4.78 is 37.9. The second-order valence-electron chi connectivity index (χ2n) is 5.32. The zero-order valence-corrected chi connectivity index (χ0v) is 14.5. The van der Waals surface area contributed by atoms with Crippen LogP contribution in [0.1, 0.15) is 16.7 Å². The van der Waals surface area contributed by atoms with Crippen molar-refractivity contribution < 1.29 is 17.9 Å². The summed E-state index contributed by atoms with van der Waals surface area (Å²) in [6, 6.07) is 10.8. The van der Waals surface area contributed by atoms with E-state index in [1.165, 1.54) is 7.11 Å². The Labute approximate surface area is 137 Å². The van der Waals surface area contributed by atoms with Crippen molar-refractivity contribution >= 4 is 15.7 Å². The van der Waals surface area contributed by atoms with Crippen LogP contribution >= 0.6 is 0 Å². The number of rotatable bonds is 6. The van der Waals surface area contributed by atoms with E-state index in [1.807, 2.05) is 38.1 Å². The number of ether oxygens (including phenoxy) is 2. The van der Waals surface area contributed by atoms with E-state index in [0.29, 0.717) is 17.2 Å². The van der Waals surface area contributed by atoms with E-state index < -0.39 is 10.0 Å². The molecule has 6 heteroatoms. The molecule has 0 aliphatic heterocycles. The molecule has 0 amide bonds. The van der Waals surface area contributed by atoms with Crippen molar-refractivity contribution in [1.29, 1.82) is 0 Å². The lowest BCUT2D eigenvalue weighted by atomic mass is 10.2. The quantitative estimate of drug-likeness (QED) is 0.880. The highest BCUT2D eigenvalue weighted by Crippen LogP contribution is 2.35. The molecular formula is C17H21NO4S. The molecule has 2 aromatic rings. The molecule has 1 N–H and O–H groups in total. The van der Waals surface area contributed by atoms with Gasteiger partial charge in [0.15, 0.2) is 0 Å². The molecule has 0 aliphatic carbocycles. The van der Waals surface area contributed by atoms with Crippen LogP contribution in [0.3, 0.4) is 0 Å². The maximum absolute atomic E-state index is 12.4. The minimum atomic E-state index is -3.54. The Kier molecular flexibility index (Phi) is 5.15. The van der Waals surface area contributed by atoms with Crippen LogP contribution < -0.4 is 14.2 Å².